The Morgan fingerprint density at radius 1 is 0.964 bits per heavy atom. The monoisotopic (exact) mass is 393 g/mol. The zero-order valence-electron chi connectivity index (χ0n) is 16.8. The van der Waals surface area contributed by atoms with E-state index in [0.717, 1.165) is 5.75 Å². The summed E-state index contributed by atoms with van der Waals surface area (Å²) in [4.78, 5) is 13.0. The normalized spacial score (nSPS) is 35.1. The number of hydrogen-bond donors (Lipinski definition) is 1. The van der Waals surface area contributed by atoms with Gasteiger partial charge >= 0.3 is 0 Å². The first-order chi connectivity index (χ1) is 13.2. The van der Waals surface area contributed by atoms with Crippen molar-refractivity contribution in [3.63, 3.8) is 0 Å². The van der Waals surface area contributed by atoms with Gasteiger partial charge in [0.2, 0.25) is 0 Å². The molecule has 1 aromatic rings. The molecule has 5 atom stereocenters. The van der Waals surface area contributed by atoms with Gasteiger partial charge in [0.05, 0.1) is 6.61 Å². The second kappa shape index (κ2) is 6.96. The quantitative estimate of drug-likeness (QED) is 0.841. The summed E-state index contributed by atoms with van der Waals surface area (Å²) in [5, 5.41) is 2.87. The highest BCUT2D eigenvalue weighted by Gasteiger charge is 2.62. The number of ether oxygens (including phenoxy) is 6. The summed E-state index contributed by atoms with van der Waals surface area (Å²) in [7, 11) is 0. The first kappa shape index (κ1) is 19.6. The molecule has 8 nitrogen and oxygen atoms in total. The Balaban J connectivity index is 1.52. The zero-order valence-corrected chi connectivity index (χ0v) is 16.8. The van der Waals surface area contributed by atoms with Gasteiger partial charge < -0.3 is 33.7 Å². The largest absolute Gasteiger partial charge is 0.494 e. The molecule has 3 aliphatic rings. The van der Waals surface area contributed by atoms with Gasteiger partial charge in [0.15, 0.2) is 24.0 Å². The molecule has 1 N–H and O–H groups in total. The highest BCUT2D eigenvalue weighted by atomic mass is 16.9. The highest BCUT2D eigenvalue weighted by Crippen LogP contribution is 2.44. The zero-order chi connectivity index (χ0) is 20.1. The smallest absolute Gasteiger partial charge is 0.256 e. The van der Waals surface area contributed by atoms with Crippen LogP contribution >= 0.6 is 0 Å². The van der Waals surface area contributed by atoms with Crippen molar-refractivity contribution in [1.82, 2.24) is 0 Å². The Kier molecular flexibility index (Phi) is 4.87. The standard InChI is InChI=1S/C20H27NO7/c1-6-23-12-9-7-11(8-10-12)21-17(22)15-13-14(26-19(2,3)25-13)16-18(24-15)28-20(4,5)27-16/h7-10,13-16,18H,6H2,1-5H3,(H,21,22)/t13-,14-,15+,16+,18+/m0/s1. The van der Waals surface area contributed by atoms with Gasteiger partial charge in [0.1, 0.15) is 24.1 Å². The average molecular weight is 393 g/mol. The SMILES string of the molecule is CCOc1ccc(NC(=O)[C@@H]2O[C@@H]3OC(C)(C)O[C@@H]3[C@H]3OC(C)(C)O[C@@H]32)cc1. The maximum Gasteiger partial charge on any atom is 0.256 e. The molecule has 0 unspecified atom stereocenters. The van der Waals surface area contributed by atoms with Gasteiger partial charge in [-0.15, -0.1) is 0 Å². The number of nitrogens with one attached hydrogen (secondary N) is 1. The van der Waals surface area contributed by atoms with E-state index in [9.17, 15) is 4.79 Å². The lowest BCUT2D eigenvalue weighted by Crippen LogP contribution is -2.58. The van der Waals surface area contributed by atoms with Gasteiger partial charge in [-0.05, 0) is 58.9 Å². The first-order valence-corrected chi connectivity index (χ1v) is 9.58. The molecule has 8 heteroatoms. The third-order valence-corrected chi connectivity index (χ3v) is 4.85. The van der Waals surface area contributed by atoms with Crippen molar-refractivity contribution in [3.8, 4) is 5.75 Å². The molecule has 3 aliphatic heterocycles. The molecule has 0 aromatic heterocycles. The van der Waals surface area contributed by atoms with Crippen LogP contribution < -0.4 is 10.1 Å². The fourth-order valence-corrected chi connectivity index (χ4v) is 3.84. The molecule has 3 fully saturated rings. The van der Waals surface area contributed by atoms with Crippen LogP contribution in [0.2, 0.25) is 0 Å². The molecule has 1 aromatic carbocycles. The molecule has 3 saturated heterocycles. The maximum atomic E-state index is 13.0. The minimum atomic E-state index is -0.892. The third-order valence-electron chi connectivity index (χ3n) is 4.85. The van der Waals surface area contributed by atoms with Gasteiger partial charge in [-0.25, -0.2) is 0 Å². The van der Waals surface area contributed by atoms with Crippen molar-refractivity contribution in [1.29, 1.82) is 0 Å². The summed E-state index contributed by atoms with van der Waals surface area (Å²) < 4.78 is 35.2. The number of carbonyl (C=O) groups is 1. The van der Waals surface area contributed by atoms with Crippen LogP contribution in [0.15, 0.2) is 24.3 Å². The average Bonchev–Trinajstić information content (AvgIpc) is 3.10. The predicted molar refractivity (Wildman–Crippen MR) is 98.8 cm³/mol. The summed E-state index contributed by atoms with van der Waals surface area (Å²) in [6.07, 6.45) is -3.12. The Labute approximate surface area is 164 Å². The van der Waals surface area contributed by atoms with E-state index in [-0.39, 0.29) is 5.91 Å². The van der Waals surface area contributed by atoms with Gasteiger partial charge in [-0.1, -0.05) is 0 Å². The summed E-state index contributed by atoms with van der Waals surface area (Å²) in [6.45, 7) is 9.73. The van der Waals surface area contributed by atoms with Crippen molar-refractivity contribution in [2.24, 2.45) is 0 Å². The van der Waals surface area contributed by atoms with Gasteiger partial charge in [0.25, 0.3) is 5.91 Å². The molecule has 28 heavy (non-hydrogen) atoms. The molecule has 4 rings (SSSR count). The first-order valence-electron chi connectivity index (χ1n) is 9.58. The topological polar surface area (TPSA) is 84.5 Å². The fraction of sp³-hybridized carbons (Fsp3) is 0.650. The fourth-order valence-electron chi connectivity index (χ4n) is 3.84. The maximum absolute atomic E-state index is 13.0. The van der Waals surface area contributed by atoms with Crippen molar-refractivity contribution in [2.75, 3.05) is 11.9 Å². The van der Waals surface area contributed by atoms with E-state index in [4.69, 9.17) is 28.4 Å². The molecular formula is C20H27NO7. The minimum Gasteiger partial charge on any atom is -0.494 e. The molecule has 0 aliphatic carbocycles. The van der Waals surface area contributed by atoms with Crippen LogP contribution in [0.5, 0.6) is 5.75 Å². The Morgan fingerprint density at radius 2 is 1.57 bits per heavy atom. The molecule has 3 heterocycles. The Morgan fingerprint density at radius 3 is 2.25 bits per heavy atom. The van der Waals surface area contributed by atoms with Gasteiger partial charge in [-0.2, -0.15) is 0 Å². The predicted octanol–water partition coefficient (Wildman–Crippen LogP) is 2.42. The number of carbonyl (C=O) groups excluding carboxylic acids is 1. The third kappa shape index (κ3) is 3.75. The number of hydrogen-bond acceptors (Lipinski definition) is 7. The van der Waals surface area contributed by atoms with Gasteiger partial charge in [-0.3, -0.25) is 4.79 Å². The summed E-state index contributed by atoms with van der Waals surface area (Å²) in [6, 6.07) is 7.16. The van der Waals surface area contributed by atoms with Gasteiger partial charge in [0, 0.05) is 5.69 Å². The number of rotatable bonds is 4. The number of anilines is 1. The lowest BCUT2D eigenvalue weighted by molar-refractivity contribution is -0.229. The minimum absolute atomic E-state index is 0.327. The van der Waals surface area contributed by atoms with Crippen LogP contribution in [-0.2, 0) is 28.5 Å². The molecule has 0 bridgehead atoms. The van der Waals surface area contributed by atoms with Crippen molar-refractivity contribution in [2.45, 2.75) is 76.9 Å². The van der Waals surface area contributed by atoms with E-state index < -0.39 is 42.3 Å². The molecule has 0 spiro atoms. The molecule has 154 valence electrons. The van der Waals surface area contributed by atoms with Crippen molar-refractivity contribution in [3.05, 3.63) is 24.3 Å². The lowest BCUT2D eigenvalue weighted by atomic mass is 9.98. The molecular weight excluding hydrogens is 366 g/mol. The van der Waals surface area contributed by atoms with Crippen molar-refractivity contribution < 1.29 is 33.2 Å². The Hall–Kier alpha value is -1.71. The van der Waals surface area contributed by atoms with Crippen LogP contribution in [0.1, 0.15) is 34.6 Å². The van der Waals surface area contributed by atoms with Crippen LogP contribution in [0.4, 0.5) is 5.69 Å². The highest BCUT2D eigenvalue weighted by molar-refractivity contribution is 5.94. The lowest BCUT2D eigenvalue weighted by Gasteiger charge is -2.36. The molecule has 1 amide bonds. The summed E-state index contributed by atoms with van der Waals surface area (Å²) in [5.41, 5.74) is 0.637. The van der Waals surface area contributed by atoms with E-state index in [1.54, 1.807) is 38.1 Å². The summed E-state index contributed by atoms with van der Waals surface area (Å²) in [5.74, 6) is -1.25. The Bertz CT molecular complexity index is 733. The van der Waals surface area contributed by atoms with E-state index >= 15 is 0 Å². The van der Waals surface area contributed by atoms with Crippen LogP contribution in [0.25, 0.3) is 0 Å². The van der Waals surface area contributed by atoms with Crippen LogP contribution in [-0.4, -0.2) is 54.8 Å². The van der Waals surface area contributed by atoms with E-state index in [1.807, 2.05) is 20.8 Å². The second-order valence-electron chi connectivity index (χ2n) is 8.04. The van der Waals surface area contributed by atoms with E-state index in [1.165, 1.54) is 0 Å². The van der Waals surface area contributed by atoms with E-state index in [2.05, 4.69) is 5.32 Å². The number of fused-ring (bicyclic) bond motifs is 3. The number of benzene rings is 1. The van der Waals surface area contributed by atoms with Crippen LogP contribution in [0.3, 0.4) is 0 Å². The molecule has 0 radical (unpaired) electrons. The van der Waals surface area contributed by atoms with Crippen LogP contribution in [0, 0.1) is 0 Å². The second-order valence-corrected chi connectivity index (χ2v) is 8.04. The number of amides is 1. The van der Waals surface area contributed by atoms with Crippen molar-refractivity contribution >= 4 is 11.6 Å². The van der Waals surface area contributed by atoms with E-state index in [0.29, 0.717) is 12.3 Å². The summed E-state index contributed by atoms with van der Waals surface area (Å²) >= 11 is 0. The molecule has 0 saturated carbocycles.